The van der Waals surface area contributed by atoms with Crippen LogP contribution in [0.2, 0.25) is 0 Å². The zero-order valence-corrected chi connectivity index (χ0v) is 14.4. The molecule has 94 valence electrons. The third kappa shape index (κ3) is 3.13. The molecule has 0 saturated carbocycles. The molecule has 1 N–H and O–H groups in total. The molecule has 0 aliphatic carbocycles. The highest BCUT2D eigenvalue weighted by Gasteiger charge is 2.11. The Kier molecular flexibility index (Phi) is 4.45. The zero-order chi connectivity index (χ0) is 13.3. The lowest BCUT2D eigenvalue weighted by Gasteiger charge is -2.11. The van der Waals surface area contributed by atoms with Crippen molar-refractivity contribution in [3.8, 4) is 0 Å². The van der Waals surface area contributed by atoms with Crippen LogP contribution in [0.5, 0.6) is 0 Å². The van der Waals surface area contributed by atoms with Crippen molar-refractivity contribution >= 4 is 61.5 Å². The van der Waals surface area contributed by atoms with Crippen LogP contribution in [0.15, 0.2) is 28.1 Å². The Morgan fingerprint density at radius 2 is 1.89 bits per heavy atom. The van der Waals surface area contributed by atoms with Crippen molar-refractivity contribution in [3.05, 3.63) is 47.6 Å². The van der Waals surface area contributed by atoms with Gasteiger partial charge in [0.25, 0.3) is 5.91 Å². The first-order valence-electron chi connectivity index (χ1n) is 5.29. The maximum atomic E-state index is 12.1. The fourth-order valence-electron chi connectivity index (χ4n) is 1.72. The van der Waals surface area contributed by atoms with E-state index in [1.807, 2.05) is 37.4 Å². The minimum atomic E-state index is -0.0531. The number of aryl methyl sites for hydroxylation is 2. The van der Waals surface area contributed by atoms with Crippen LogP contribution in [-0.2, 0) is 0 Å². The maximum absolute atomic E-state index is 12.1. The van der Waals surface area contributed by atoms with Gasteiger partial charge < -0.3 is 5.32 Å². The van der Waals surface area contributed by atoms with E-state index >= 15 is 0 Å². The highest BCUT2D eigenvalue weighted by atomic mass is 127. The van der Waals surface area contributed by atoms with Crippen molar-refractivity contribution in [1.82, 2.24) is 0 Å². The molecule has 5 heteroatoms. The average Bonchev–Trinajstić information content (AvgIpc) is 2.70. The van der Waals surface area contributed by atoms with E-state index in [-0.39, 0.29) is 5.91 Å². The number of nitrogens with one attached hydrogen (secondary N) is 1. The average molecular weight is 436 g/mol. The summed E-state index contributed by atoms with van der Waals surface area (Å²) < 4.78 is 2.14. The number of benzene rings is 1. The van der Waals surface area contributed by atoms with Gasteiger partial charge in [0.05, 0.1) is 8.45 Å². The van der Waals surface area contributed by atoms with Crippen molar-refractivity contribution in [2.24, 2.45) is 0 Å². The predicted molar refractivity (Wildman–Crippen MR) is 88.6 cm³/mol. The summed E-state index contributed by atoms with van der Waals surface area (Å²) in [6.07, 6.45) is 0. The molecule has 0 unspecified atom stereocenters. The van der Waals surface area contributed by atoms with E-state index in [0.717, 1.165) is 24.2 Å². The number of carbonyl (C=O) groups is 1. The SMILES string of the molecule is Cc1cc(Br)cc(C)c1NC(=O)c1csc(I)c1. The number of anilines is 1. The number of hydrogen-bond acceptors (Lipinski definition) is 2. The highest BCUT2D eigenvalue weighted by molar-refractivity contribution is 14.1. The molecule has 18 heavy (non-hydrogen) atoms. The molecule has 1 aromatic carbocycles. The summed E-state index contributed by atoms with van der Waals surface area (Å²) in [5.74, 6) is -0.0531. The number of halogens is 2. The summed E-state index contributed by atoms with van der Waals surface area (Å²) in [6, 6.07) is 5.89. The second-order valence-corrected chi connectivity index (χ2v) is 7.73. The minimum Gasteiger partial charge on any atom is -0.321 e. The number of thiophene rings is 1. The largest absolute Gasteiger partial charge is 0.321 e. The lowest BCUT2D eigenvalue weighted by Crippen LogP contribution is -2.13. The van der Waals surface area contributed by atoms with Gasteiger partial charge in [0, 0.05) is 15.5 Å². The van der Waals surface area contributed by atoms with Crippen molar-refractivity contribution in [1.29, 1.82) is 0 Å². The molecular formula is C13H11BrINOS. The lowest BCUT2D eigenvalue weighted by atomic mass is 10.1. The standard InChI is InChI=1S/C13H11BrINOS/c1-7-3-10(14)4-8(2)12(7)16-13(17)9-5-11(15)18-6-9/h3-6H,1-2H3,(H,16,17). The molecule has 2 rings (SSSR count). The highest BCUT2D eigenvalue weighted by Crippen LogP contribution is 2.26. The van der Waals surface area contributed by atoms with E-state index in [1.165, 1.54) is 0 Å². The van der Waals surface area contributed by atoms with Crippen LogP contribution in [0.1, 0.15) is 21.5 Å². The molecule has 1 aromatic heterocycles. The van der Waals surface area contributed by atoms with E-state index in [2.05, 4.69) is 43.8 Å². The monoisotopic (exact) mass is 435 g/mol. The summed E-state index contributed by atoms with van der Waals surface area (Å²) in [5.41, 5.74) is 3.72. The smallest absolute Gasteiger partial charge is 0.256 e. The van der Waals surface area contributed by atoms with Crippen LogP contribution < -0.4 is 5.32 Å². The zero-order valence-electron chi connectivity index (χ0n) is 9.88. The molecule has 0 aliphatic rings. The Morgan fingerprint density at radius 1 is 1.28 bits per heavy atom. The quantitative estimate of drug-likeness (QED) is 0.662. The van der Waals surface area contributed by atoms with E-state index in [4.69, 9.17) is 0 Å². The van der Waals surface area contributed by atoms with Gasteiger partial charge in [-0.2, -0.15) is 0 Å². The molecule has 1 amide bonds. The molecule has 2 nitrogen and oxygen atoms in total. The van der Waals surface area contributed by atoms with E-state index in [9.17, 15) is 4.79 Å². The molecule has 0 aliphatic heterocycles. The Labute approximate surface area is 132 Å². The molecule has 0 fully saturated rings. The molecule has 2 aromatic rings. The van der Waals surface area contributed by atoms with Gasteiger partial charge >= 0.3 is 0 Å². The van der Waals surface area contributed by atoms with Crippen molar-refractivity contribution < 1.29 is 4.79 Å². The van der Waals surface area contributed by atoms with E-state index in [0.29, 0.717) is 5.56 Å². The Bertz CT molecular complexity index is 586. The molecule has 0 bridgehead atoms. The fourth-order valence-corrected chi connectivity index (χ4v) is 3.74. The Morgan fingerprint density at radius 3 is 2.39 bits per heavy atom. The van der Waals surface area contributed by atoms with Crippen LogP contribution in [-0.4, -0.2) is 5.91 Å². The molecule has 1 heterocycles. The molecule has 0 spiro atoms. The minimum absolute atomic E-state index is 0.0531. The molecule has 0 radical (unpaired) electrons. The van der Waals surface area contributed by atoms with Crippen LogP contribution >= 0.6 is 49.9 Å². The van der Waals surface area contributed by atoms with Crippen LogP contribution in [0.4, 0.5) is 5.69 Å². The number of rotatable bonds is 2. The summed E-state index contributed by atoms with van der Waals surface area (Å²) in [4.78, 5) is 12.1. The third-order valence-corrected chi connectivity index (χ3v) is 4.81. The third-order valence-electron chi connectivity index (χ3n) is 2.57. The van der Waals surface area contributed by atoms with Gasteiger partial charge in [0.1, 0.15) is 0 Å². The van der Waals surface area contributed by atoms with Gasteiger partial charge in [-0.1, -0.05) is 15.9 Å². The Balaban J connectivity index is 2.27. The number of carbonyl (C=O) groups excluding carboxylic acids is 1. The van der Waals surface area contributed by atoms with E-state index < -0.39 is 0 Å². The van der Waals surface area contributed by atoms with Gasteiger partial charge in [-0.05, 0) is 65.8 Å². The lowest BCUT2D eigenvalue weighted by molar-refractivity contribution is 0.102. The summed E-state index contributed by atoms with van der Waals surface area (Å²) in [6.45, 7) is 3.98. The summed E-state index contributed by atoms with van der Waals surface area (Å²) in [5, 5.41) is 4.85. The fraction of sp³-hybridized carbons (Fsp3) is 0.154. The van der Waals surface area contributed by atoms with E-state index in [1.54, 1.807) is 11.3 Å². The van der Waals surface area contributed by atoms with Gasteiger partial charge in [-0.3, -0.25) is 4.79 Å². The van der Waals surface area contributed by atoms with Gasteiger partial charge in [0.15, 0.2) is 0 Å². The predicted octanol–water partition coefficient (Wildman–Crippen LogP) is 4.98. The van der Waals surface area contributed by atoms with Crippen LogP contribution in [0, 0.1) is 16.7 Å². The van der Waals surface area contributed by atoms with Crippen molar-refractivity contribution in [2.75, 3.05) is 5.32 Å². The summed E-state index contributed by atoms with van der Waals surface area (Å²) in [7, 11) is 0. The van der Waals surface area contributed by atoms with Gasteiger partial charge in [0.2, 0.25) is 0 Å². The van der Waals surface area contributed by atoms with Crippen LogP contribution in [0.25, 0.3) is 0 Å². The van der Waals surface area contributed by atoms with Crippen LogP contribution in [0.3, 0.4) is 0 Å². The first-order valence-corrected chi connectivity index (χ1v) is 8.04. The number of hydrogen-bond donors (Lipinski definition) is 1. The molecular weight excluding hydrogens is 425 g/mol. The molecule has 0 saturated heterocycles. The first-order chi connectivity index (χ1) is 8.47. The molecule has 0 atom stereocenters. The second kappa shape index (κ2) is 5.71. The summed E-state index contributed by atoms with van der Waals surface area (Å²) >= 11 is 7.24. The van der Waals surface area contributed by atoms with Crippen molar-refractivity contribution in [2.45, 2.75) is 13.8 Å². The second-order valence-electron chi connectivity index (χ2n) is 4.01. The normalized spacial score (nSPS) is 10.4. The van der Waals surface area contributed by atoms with Gasteiger partial charge in [-0.15, -0.1) is 11.3 Å². The first kappa shape index (κ1) is 14.0. The van der Waals surface area contributed by atoms with Crippen molar-refractivity contribution in [3.63, 3.8) is 0 Å². The maximum Gasteiger partial charge on any atom is 0.256 e. The number of amides is 1. The topological polar surface area (TPSA) is 29.1 Å². The Hall–Kier alpha value is -0.400. The van der Waals surface area contributed by atoms with Gasteiger partial charge in [-0.25, -0.2) is 0 Å².